The second-order valence-electron chi connectivity index (χ2n) is 5.14. The normalized spacial score (nSPS) is 13.2. The molecule has 0 bridgehead atoms. The number of hydrogen-bond donors (Lipinski definition) is 2. The first-order valence-electron chi connectivity index (χ1n) is 6.71. The molecule has 0 aliphatic heterocycles. The highest BCUT2D eigenvalue weighted by molar-refractivity contribution is 7.90. The quantitative estimate of drug-likeness (QED) is 0.762. The SMILES string of the molecule is CC(C(=O)Nc1ccccc1CN)N(C)CCS(C)(=O)=O. The molecule has 1 rings (SSSR count). The third-order valence-electron chi connectivity index (χ3n) is 3.35. The van der Waals surface area contributed by atoms with Crippen molar-refractivity contribution in [3.8, 4) is 0 Å². The van der Waals surface area contributed by atoms with Crippen molar-refractivity contribution < 1.29 is 13.2 Å². The van der Waals surface area contributed by atoms with E-state index in [1.807, 2.05) is 18.2 Å². The molecule has 0 radical (unpaired) electrons. The number of para-hydroxylation sites is 1. The lowest BCUT2D eigenvalue weighted by Gasteiger charge is -2.24. The van der Waals surface area contributed by atoms with Crippen molar-refractivity contribution in [3.05, 3.63) is 29.8 Å². The summed E-state index contributed by atoms with van der Waals surface area (Å²) in [5.74, 6) is -0.160. The van der Waals surface area contributed by atoms with E-state index in [1.54, 1.807) is 24.9 Å². The van der Waals surface area contributed by atoms with Crippen LogP contribution < -0.4 is 11.1 Å². The monoisotopic (exact) mass is 313 g/mol. The van der Waals surface area contributed by atoms with Gasteiger partial charge in [-0.15, -0.1) is 0 Å². The Kier molecular flexibility index (Phi) is 6.32. The third kappa shape index (κ3) is 5.82. The van der Waals surface area contributed by atoms with E-state index < -0.39 is 15.9 Å². The molecule has 0 spiro atoms. The first-order chi connectivity index (χ1) is 9.74. The molecule has 0 fully saturated rings. The summed E-state index contributed by atoms with van der Waals surface area (Å²) in [7, 11) is -1.31. The zero-order chi connectivity index (χ0) is 16.0. The Labute approximate surface area is 126 Å². The van der Waals surface area contributed by atoms with Gasteiger partial charge in [0, 0.05) is 25.0 Å². The summed E-state index contributed by atoms with van der Waals surface area (Å²) in [5, 5.41) is 2.83. The van der Waals surface area contributed by atoms with Gasteiger partial charge in [0.05, 0.1) is 11.8 Å². The van der Waals surface area contributed by atoms with E-state index >= 15 is 0 Å². The summed E-state index contributed by atoms with van der Waals surface area (Å²) >= 11 is 0. The maximum atomic E-state index is 12.2. The first-order valence-corrected chi connectivity index (χ1v) is 8.77. The molecular formula is C14H23N3O3S. The number of benzene rings is 1. The minimum absolute atomic E-state index is 0.0283. The van der Waals surface area contributed by atoms with Gasteiger partial charge in [-0.1, -0.05) is 18.2 Å². The number of amides is 1. The largest absolute Gasteiger partial charge is 0.326 e. The van der Waals surface area contributed by atoms with Gasteiger partial charge in [-0.25, -0.2) is 8.42 Å². The highest BCUT2D eigenvalue weighted by atomic mass is 32.2. The molecule has 1 aromatic carbocycles. The number of nitrogens with one attached hydrogen (secondary N) is 1. The number of rotatable bonds is 7. The number of likely N-dealkylation sites (N-methyl/N-ethyl adjacent to an activating group) is 1. The van der Waals surface area contributed by atoms with Gasteiger partial charge in [-0.05, 0) is 25.6 Å². The van der Waals surface area contributed by atoms with Crippen molar-refractivity contribution in [2.24, 2.45) is 5.73 Å². The van der Waals surface area contributed by atoms with Crippen molar-refractivity contribution in [2.45, 2.75) is 19.5 Å². The fraction of sp³-hybridized carbons (Fsp3) is 0.500. The second kappa shape index (κ2) is 7.53. The maximum Gasteiger partial charge on any atom is 0.241 e. The molecule has 0 saturated heterocycles. The van der Waals surface area contributed by atoms with Crippen molar-refractivity contribution in [3.63, 3.8) is 0 Å². The van der Waals surface area contributed by atoms with Crippen LogP contribution in [0.15, 0.2) is 24.3 Å². The summed E-state index contributed by atoms with van der Waals surface area (Å²) in [4.78, 5) is 13.9. The number of hydrogen-bond acceptors (Lipinski definition) is 5. The van der Waals surface area contributed by atoms with E-state index in [2.05, 4.69) is 5.32 Å². The number of sulfone groups is 1. The van der Waals surface area contributed by atoms with Crippen molar-refractivity contribution in [1.82, 2.24) is 4.90 Å². The Balaban J connectivity index is 2.66. The molecule has 1 amide bonds. The Hall–Kier alpha value is -1.44. The third-order valence-corrected chi connectivity index (χ3v) is 4.27. The summed E-state index contributed by atoms with van der Waals surface area (Å²) < 4.78 is 22.3. The summed E-state index contributed by atoms with van der Waals surface area (Å²) in [6.45, 7) is 2.39. The van der Waals surface area contributed by atoms with E-state index in [0.29, 0.717) is 18.8 Å². The lowest BCUT2D eigenvalue weighted by Crippen LogP contribution is -2.41. The Bertz CT molecular complexity index is 587. The fourth-order valence-electron chi connectivity index (χ4n) is 1.76. The van der Waals surface area contributed by atoms with Gasteiger partial charge in [0.1, 0.15) is 9.84 Å². The molecule has 0 aliphatic carbocycles. The predicted octanol–water partition coefficient (Wildman–Crippen LogP) is 0.449. The molecule has 0 heterocycles. The average molecular weight is 313 g/mol. The number of anilines is 1. The van der Waals surface area contributed by atoms with Crippen LogP contribution >= 0.6 is 0 Å². The smallest absolute Gasteiger partial charge is 0.241 e. The molecule has 1 atom stereocenters. The van der Waals surface area contributed by atoms with Crippen LogP contribution in [-0.2, 0) is 21.2 Å². The fourth-order valence-corrected chi connectivity index (χ4v) is 2.38. The highest BCUT2D eigenvalue weighted by Gasteiger charge is 2.19. The summed E-state index contributed by atoms with van der Waals surface area (Å²) in [6.07, 6.45) is 1.18. The number of nitrogens with two attached hydrogens (primary N) is 1. The van der Waals surface area contributed by atoms with Crippen LogP contribution in [0.2, 0.25) is 0 Å². The van der Waals surface area contributed by atoms with Crippen LogP contribution in [0, 0.1) is 0 Å². The Morgan fingerprint density at radius 3 is 2.57 bits per heavy atom. The lowest BCUT2D eigenvalue weighted by atomic mass is 10.1. The Morgan fingerprint density at radius 1 is 1.38 bits per heavy atom. The molecule has 0 aromatic heterocycles. The van der Waals surface area contributed by atoms with Gasteiger partial charge in [0.15, 0.2) is 0 Å². The Morgan fingerprint density at radius 2 is 2.00 bits per heavy atom. The standard InChI is InChI=1S/C14H23N3O3S/c1-11(17(2)8-9-21(3,19)20)14(18)16-13-7-5-4-6-12(13)10-15/h4-7,11H,8-10,15H2,1-3H3,(H,16,18). The van der Waals surface area contributed by atoms with Crippen LogP contribution in [0.1, 0.15) is 12.5 Å². The van der Waals surface area contributed by atoms with Crippen molar-refractivity contribution in [1.29, 1.82) is 0 Å². The molecule has 6 nitrogen and oxygen atoms in total. The highest BCUT2D eigenvalue weighted by Crippen LogP contribution is 2.15. The van der Waals surface area contributed by atoms with Crippen LogP contribution in [-0.4, -0.2) is 50.9 Å². The predicted molar refractivity (Wildman–Crippen MR) is 84.8 cm³/mol. The van der Waals surface area contributed by atoms with Gasteiger partial charge in [0.2, 0.25) is 5.91 Å². The summed E-state index contributed by atoms with van der Waals surface area (Å²) in [5.41, 5.74) is 7.18. The van der Waals surface area contributed by atoms with E-state index in [1.165, 1.54) is 6.26 Å². The molecule has 7 heteroatoms. The van der Waals surface area contributed by atoms with Crippen LogP contribution in [0.25, 0.3) is 0 Å². The molecular weight excluding hydrogens is 290 g/mol. The van der Waals surface area contributed by atoms with Crippen LogP contribution in [0.5, 0.6) is 0 Å². The van der Waals surface area contributed by atoms with Gasteiger partial charge in [0.25, 0.3) is 0 Å². The molecule has 118 valence electrons. The van der Waals surface area contributed by atoms with Crippen molar-refractivity contribution in [2.75, 3.05) is 30.9 Å². The van der Waals surface area contributed by atoms with E-state index in [9.17, 15) is 13.2 Å². The zero-order valence-corrected chi connectivity index (χ0v) is 13.5. The van der Waals surface area contributed by atoms with E-state index in [4.69, 9.17) is 5.73 Å². The van der Waals surface area contributed by atoms with Gasteiger partial charge in [-0.3, -0.25) is 9.69 Å². The van der Waals surface area contributed by atoms with E-state index in [0.717, 1.165) is 5.56 Å². The molecule has 1 unspecified atom stereocenters. The van der Waals surface area contributed by atoms with Crippen LogP contribution in [0.4, 0.5) is 5.69 Å². The topological polar surface area (TPSA) is 92.5 Å². The lowest BCUT2D eigenvalue weighted by molar-refractivity contribution is -0.120. The van der Waals surface area contributed by atoms with Gasteiger partial charge < -0.3 is 11.1 Å². The molecule has 0 saturated carbocycles. The number of carbonyl (C=O) groups is 1. The minimum atomic E-state index is -3.04. The average Bonchev–Trinajstić information content (AvgIpc) is 2.43. The first kappa shape index (κ1) is 17.6. The number of carbonyl (C=O) groups excluding carboxylic acids is 1. The maximum absolute atomic E-state index is 12.2. The van der Waals surface area contributed by atoms with Crippen LogP contribution in [0.3, 0.4) is 0 Å². The molecule has 1 aromatic rings. The zero-order valence-electron chi connectivity index (χ0n) is 12.7. The molecule has 3 N–H and O–H groups in total. The van der Waals surface area contributed by atoms with Gasteiger partial charge in [-0.2, -0.15) is 0 Å². The minimum Gasteiger partial charge on any atom is -0.326 e. The van der Waals surface area contributed by atoms with Gasteiger partial charge >= 0.3 is 0 Å². The molecule has 0 aliphatic rings. The summed E-state index contributed by atoms with van der Waals surface area (Å²) in [6, 6.07) is 6.90. The molecule has 21 heavy (non-hydrogen) atoms. The number of nitrogens with zero attached hydrogens (tertiary/aromatic N) is 1. The van der Waals surface area contributed by atoms with E-state index in [-0.39, 0.29) is 11.7 Å². The van der Waals surface area contributed by atoms with Crippen molar-refractivity contribution >= 4 is 21.4 Å². The second-order valence-corrected chi connectivity index (χ2v) is 7.40.